The Labute approximate surface area is 236 Å². The SMILES string of the molecule is CCCN(C(=O)C(NC(=O)OC(C)(C)C)C(C)C)C(C(=O)Nc1ccc2ccccc2c1)c1ccc(O)c(C)c1. The number of anilines is 1. The van der Waals surface area contributed by atoms with Gasteiger partial charge in [-0.1, -0.05) is 57.2 Å². The molecule has 40 heavy (non-hydrogen) atoms. The molecule has 8 nitrogen and oxygen atoms in total. The van der Waals surface area contributed by atoms with Crippen molar-refractivity contribution in [2.45, 2.75) is 72.6 Å². The first kappa shape index (κ1) is 30.5. The Morgan fingerprint density at radius 3 is 2.25 bits per heavy atom. The topological polar surface area (TPSA) is 108 Å². The number of carbonyl (C=O) groups is 3. The van der Waals surface area contributed by atoms with Crippen molar-refractivity contribution in [3.63, 3.8) is 0 Å². The van der Waals surface area contributed by atoms with Gasteiger partial charge in [0.25, 0.3) is 5.91 Å². The Hall–Kier alpha value is -4.07. The number of hydrogen-bond donors (Lipinski definition) is 3. The normalized spacial score (nSPS) is 13.0. The third-order valence-corrected chi connectivity index (χ3v) is 6.47. The maximum absolute atomic E-state index is 14.1. The molecule has 3 rings (SSSR count). The van der Waals surface area contributed by atoms with E-state index in [9.17, 15) is 19.5 Å². The number of fused-ring (bicyclic) bond motifs is 1. The molecule has 0 aromatic heterocycles. The van der Waals surface area contributed by atoms with Crippen molar-refractivity contribution in [2.24, 2.45) is 5.92 Å². The van der Waals surface area contributed by atoms with Crippen LogP contribution in [0.3, 0.4) is 0 Å². The molecule has 214 valence electrons. The molecule has 0 spiro atoms. The lowest BCUT2D eigenvalue weighted by Gasteiger charge is -2.35. The van der Waals surface area contributed by atoms with Crippen molar-refractivity contribution in [3.8, 4) is 5.75 Å². The second-order valence-electron chi connectivity index (χ2n) is 11.4. The summed E-state index contributed by atoms with van der Waals surface area (Å²) in [7, 11) is 0. The van der Waals surface area contributed by atoms with Crippen LogP contribution in [-0.4, -0.2) is 46.1 Å². The summed E-state index contributed by atoms with van der Waals surface area (Å²) in [4.78, 5) is 42.2. The summed E-state index contributed by atoms with van der Waals surface area (Å²) in [5.74, 6) is -0.975. The van der Waals surface area contributed by atoms with E-state index in [0.717, 1.165) is 10.8 Å². The molecule has 3 aromatic rings. The maximum atomic E-state index is 14.1. The largest absolute Gasteiger partial charge is 0.508 e. The van der Waals surface area contributed by atoms with Gasteiger partial charge < -0.3 is 25.4 Å². The molecule has 0 radical (unpaired) electrons. The van der Waals surface area contributed by atoms with Gasteiger partial charge in [-0.25, -0.2) is 4.79 Å². The Bertz CT molecular complexity index is 1360. The number of hydrogen-bond acceptors (Lipinski definition) is 5. The molecule has 0 saturated heterocycles. The molecule has 8 heteroatoms. The number of phenols is 1. The molecule has 3 amide bonds. The zero-order chi connectivity index (χ0) is 29.6. The van der Waals surface area contributed by atoms with Crippen molar-refractivity contribution in [2.75, 3.05) is 11.9 Å². The van der Waals surface area contributed by atoms with Gasteiger partial charge in [0.1, 0.15) is 23.4 Å². The van der Waals surface area contributed by atoms with E-state index in [1.165, 1.54) is 11.0 Å². The first-order valence-electron chi connectivity index (χ1n) is 13.7. The van der Waals surface area contributed by atoms with Crippen LogP contribution >= 0.6 is 0 Å². The van der Waals surface area contributed by atoms with E-state index in [2.05, 4.69) is 10.6 Å². The third-order valence-electron chi connectivity index (χ3n) is 6.47. The average molecular weight is 548 g/mol. The van der Waals surface area contributed by atoms with Gasteiger partial charge >= 0.3 is 6.09 Å². The van der Waals surface area contributed by atoms with Gasteiger partial charge in [-0.15, -0.1) is 0 Å². The fraction of sp³-hybridized carbons (Fsp3) is 0.406. The molecule has 3 N–H and O–H groups in total. The summed E-state index contributed by atoms with van der Waals surface area (Å²) in [6.45, 7) is 12.9. The van der Waals surface area contributed by atoms with Crippen LogP contribution in [0.4, 0.5) is 10.5 Å². The summed E-state index contributed by atoms with van der Waals surface area (Å²) in [5.41, 5.74) is 0.997. The summed E-state index contributed by atoms with van der Waals surface area (Å²) in [6, 6.07) is 16.4. The standard InChI is InChI=1S/C32H41N3O5/c1-8-17-35(30(38)27(20(2)3)34-31(39)40-32(5,6)7)28(24-14-16-26(36)21(4)18-24)29(37)33-25-15-13-22-11-9-10-12-23(22)19-25/h9-16,18-20,27-28,36H,8,17H2,1-7H3,(H,33,37)(H,34,39). The fourth-order valence-electron chi connectivity index (χ4n) is 4.53. The number of amides is 3. The monoisotopic (exact) mass is 547 g/mol. The van der Waals surface area contributed by atoms with Crippen molar-refractivity contribution in [3.05, 3.63) is 71.8 Å². The minimum Gasteiger partial charge on any atom is -0.508 e. The highest BCUT2D eigenvalue weighted by Gasteiger charge is 2.37. The van der Waals surface area contributed by atoms with Gasteiger partial charge in [0, 0.05) is 12.2 Å². The molecule has 0 heterocycles. The van der Waals surface area contributed by atoms with Crippen LogP contribution in [0, 0.1) is 12.8 Å². The fourth-order valence-corrected chi connectivity index (χ4v) is 4.53. The number of carbonyl (C=O) groups excluding carboxylic acids is 3. The number of aromatic hydroxyl groups is 1. The third kappa shape index (κ3) is 7.74. The number of nitrogens with zero attached hydrogens (tertiary/aromatic N) is 1. The summed E-state index contributed by atoms with van der Waals surface area (Å²) < 4.78 is 5.42. The first-order chi connectivity index (χ1) is 18.8. The quantitative estimate of drug-likeness (QED) is 0.290. The number of rotatable bonds is 9. The molecule has 0 bridgehead atoms. The Morgan fingerprint density at radius 2 is 1.65 bits per heavy atom. The lowest BCUT2D eigenvalue weighted by molar-refractivity contribution is -0.141. The van der Waals surface area contributed by atoms with Crippen molar-refractivity contribution >= 4 is 34.4 Å². The van der Waals surface area contributed by atoms with Crippen molar-refractivity contribution in [1.82, 2.24) is 10.2 Å². The number of alkyl carbamates (subject to hydrolysis) is 1. The van der Waals surface area contributed by atoms with E-state index in [1.807, 2.05) is 63.2 Å². The van der Waals surface area contributed by atoms with E-state index in [1.54, 1.807) is 39.8 Å². The molecule has 2 atom stereocenters. The van der Waals surface area contributed by atoms with E-state index in [0.29, 0.717) is 23.2 Å². The molecule has 2 unspecified atom stereocenters. The number of phenolic OH excluding ortho intramolecular Hbond substituents is 1. The number of ether oxygens (including phenoxy) is 1. The minimum absolute atomic E-state index is 0.0949. The molecule has 0 fully saturated rings. The molecule has 0 aliphatic rings. The van der Waals surface area contributed by atoms with Crippen LogP contribution in [-0.2, 0) is 14.3 Å². The molecule has 0 aliphatic heterocycles. The summed E-state index contributed by atoms with van der Waals surface area (Å²) >= 11 is 0. The molecular formula is C32H41N3O5. The second-order valence-corrected chi connectivity index (χ2v) is 11.4. The highest BCUT2D eigenvalue weighted by molar-refractivity contribution is 6.00. The molecule has 3 aromatic carbocycles. The summed E-state index contributed by atoms with van der Waals surface area (Å²) in [6.07, 6.45) is -0.117. The van der Waals surface area contributed by atoms with Gasteiger partial charge in [-0.05, 0) is 86.2 Å². The first-order valence-corrected chi connectivity index (χ1v) is 13.7. The van der Waals surface area contributed by atoms with E-state index >= 15 is 0 Å². The predicted octanol–water partition coefficient (Wildman–Crippen LogP) is 6.32. The van der Waals surface area contributed by atoms with Crippen LogP contribution in [0.15, 0.2) is 60.7 Å². The highest BCUT2D eigenvalue weighted by atomic mass is 16.6. The lowest BCUT2D eigenvalue weighted by Crippen LogP contribution is -2.54. The lowest BCUT2D eigenvalue weighted by atomic mass is 9.97. The number of benzene rings is 3. The van der Waals surface area contributed by atoms with E-state index in [-0.39, 0.29) is 18.2 Å². The smallest absolute Gasteiger partial charge is 0.408 e. The predicted molar refractivity (Wildman–Crippen MR) is 158 cm³/mol. The van der Waals surface area contributed by atoms with E-state index in [4.69, 9.17) is 4.74 Å². The number of aryl methyl sites for hydroxylation is 1. The second kappa shape index (κ2) is 12.9. The summed E-state index contributed by atoms with van der Waals surface area (Å²) in [5, 5.41) is 17.9. The van der Waals surface area contributed by atoms with Crippen LogP contribution in [0.2, 0.25) is 0 Å². The highest BCUT2D eigenvalue weighted by Crippen LogP contribution is 2.29. The minimum atomic E-state index is -1.01. The van der Waals surface area contributed by atoms with Crippen LogP contribution < -0.4 is 10.6 Å². The van der Waals surface area contributed by atoms with Crippen LogP contribution in [0.1, 0.15) is 65.1 Å². The Kier molecular flexibility index (Phi) is 9.79. The van der Waals surface area contributed by atoms with Crippen molar-refractivity contribution < 1.29 is 24.2 Å². The average Bonchev–Trinajstić information content (AvgIpc) is 2.87. The zero-order valence-corrected chi connectivity index (χ0v) is 24.4. The Balaban J connectivity index is 2.02. The van der Waals surface area contributed by atoms with Gasteiger partial charge in [0.05, 0.1) is 0 Å². The zero-order valence-electron chi connectivity index (χ0n) is 24.4. The molecular weight excluding hydrogens is 506 g/mol. The van der Waals surface area contributed by atoms with E-state index < -0.39 is 35.6 Å². The maximum Gasteiger partial charge on any atom is 0.408 e. The van der Waals surface area contributed by atoms with Crippen LogP contribution in [0.25, 0.3) is 10.8 Å². The van der Waals surface area contributed by atoms with Gasteiger partial charge in [0.2, 0.25) is 5.91 Å². The van der Waals surface area contributed by atoms with Gasteiger partial charge in [0.15, 0.2) is 0 Å². The number of nitrogens with one attached hydrogen (secondary N) is 2. The molecule has 0 saturated carbocycles. The van der Waals surface area contributed by atoms with Gasteiger partial charge in [-0.3, -0.25) is 9.59 Å². The Morgan fingerprint density at radius 1 is 0.975 bits per heavy atom. The van der Waals surface area contributed by atoms with Gasteiger partial charge in [-0.2, -0.15) is 0 Å². The molecule has 0 aliphatic carbocycles. The van der Waals surface area contributed by atoms with Crippen molar-refractivity contribution in [1.29, 1.82) is 0 Å². The van der Waals surface area contributed by atoms with Crippen LogP contribution in [0.5, 0.6) is 5.75 Å².